The zero-order valence-electron chi connectivity index (χ0n) is 22.6. The molecule has 0 aliphatic heterocycles. The first-order chi connectivity index (χ1) is 18.2. The summed E-state index contributed by atoms with van der Waals surface area (Å²) in [7, 11) is -4.74. The third-order valence-electron chi connectivity index (χ3n) is 5.36. The maximum Gasteiger partial charge on any atom is 0.404 e. The lowest BCUT2D eigenvalue weighted by Gasteiger charge is -2.22. The van der Waals surface area contributed by atoms with Crippen molar-refractivity contribution < 1.29 is 36.3 Å². The number of rotatable bonds is 11. The number of thiazole rings is 1. The van der Waals surface area contributed by atoms with Crippen LogP contribution in [0, 0.1) is 5.92 Å². The highest BCUT2D eigenvalue weighted by molar-refractivity contribution is 7.89. The molecule has 2 rings (SSSR count). The van der Waals surface area contributed by atoms with Crippen LogP contribution in [-0.4, -0.2) is 72.7 Å². The summed E-state index contributed by atoms with van der Waals surface area (Å²) in [6, 6.07) is -0.255. The second-order valence-electron chi connectivity index (χ2n) is 10.1. The van der Waals surface area contributed by atoms with Crippen molar-refractivity contribution in [1.82, 2.24) is 19.9 Å². The molecule has 0 spiro atoms. The first-order valence-corrected chi connectivity index (χ1v) is 15.1. The first-order valence-electron chi connectivity index (χ1n) is 12.1. The topological polar surface area (TPSA) is 129 Å². The van der Waals surface area contributed by atoms with E-state index in [4.69, 9.17) is 23.2 Å². The quantitative estimate of drug-likeness (QED) is 0.316. The number of aliphatic hydroxyl groups is 1. The highest BCUT2D eigenvalue weighted by Gasteiger charge is 2.39. The SMILES string of the molecule is CCN(CC(C)C)C(=O)c1nc(C(=O)NCC(C)(C)O)sc1-c1ccc(S(=O)(=O)NC(C)C(F)(F)F)c(Cl)c1Cl. The van der Waals surface area contributed by atoms with E-state index in [-0.39, 0.29) is 38.6 Å². The van der Waals surface area contributed by atoms with Crippen molar-refractivity contribution >= 4 is 56.4 Å². The molecule has 0 saturated carbocycles. The van der Waals surface area contributed by atoms with Gasteiger partial charge in [0.1, 0.15) is 16.6 Å². The van der Waals surface area contributed by atoms with Crippen LogP contribution < -0.4 is 10.0 Å². The minimum absolute atomic E-state index is 0.0532. The van der Waals surface area contributed by atoms with Crippen LogP contribution in [0.2, 0.25) is 10.0 Å². The molecule has 9 nitrogen and oxygen atoms in total. The van der Waals surface area contributed by atoms with E-state index in [0.717, 1.165) is 17.4 Å². The summed E-state index contributed by atoms with van der Waals surface area (Å²) in [5.74, 6) is -1.09. The Hall–Kier alpha value is -1.97. The molecule has 1 atom stereocenters. The van der Waals surface area contributed by atoms with Gasteiger partial charge in [-0.05, 0) is 39.7 Å². The Bertz CT molecular complexity index is 1360. The van der Waals surface area contributed by atoms with E-state index in [1.54, 1.807) is 6.92 Å². The first kappa shape index (κ1) is 34.2. The van der Waals surface area contributed by atoms with Gasteiger partial charge in [0, 0.05) is 25.2 Å². The van der Waals surface area contributed by atoms with Crippen LogP contribution in [0.4, 0.5) is 13.2 Å². The lowest BCUT2D eigenvalue weighted by molar-refractivity contribution is -0.147. The van der Waals surface area contributed by atoms with Gasteiger partial charge in [0.05, 0.1) is 20.5 Å². The number of sulfonamides is 1. The molecule has 0 radical (unpaired) electrons. The van der Waals surface area contributed by atoms with Crippen molar-refractivity contribution in [1.29, 1.82) is 0 Å². The summed E-state index contributed by atoms with van der Waals surface area (Å²) in [5.41, 5.74) is -1.31. The number of hydrogen-bond acceptors (Lipinski definition) is 7. The van der Waals surface area contributed by atoms with E-state index < -0.39 is 49.6 Å². The largest absolute Gasteiger partial charge is 0.404 e. The number of benzene rings is 1. The number of carbonyl (C=O) groups is 2. The van der Waals surface area contributed by atoms with Gasteiger partial charge in [-0.1, -0.05) is 43.1 Å². The number of hydrogen-bond donors (Lipinski definition) is 3. The smallest absolute Gasteiger partial charge is 0.389 e. The normalized spacial score (nSPS) is 13.4. The highest BCUT2D eigenvalue weighted by atomic mass is 35.5. The van der Waals surface area contributed by atoms with Crippen LogP contribution >= 0.6 is 34.5 Å². The van der Waals surface area contributed by atoms with Crippen molar-refractivity contribution in [2.24, 2.45) is 5.92 Å². The summed E-state index contributed by atoms with van der Waals surface area (Å²) in [6.45, 7) is 9.79. The van der Waals surface area contributed by atoms with Crippen LogP contribution in [-0.2, 0) is 10.0 Å². The Morgan fingerprint density at radius 1 is 1.15 bits per heavy atom. The third kappa shape index (κ3) is 8.52. The molecule has 0 aliphatic rings. The van der Waals surface area contributed by atoms with Crippen LogP contribution in [0.3, 0.4) is 0 Å². The van der Waals surface area contributed by atoms with Gasteiger partial charge >= 0.3 is 6.18 Å². The van der Waals surface area contributed by atoms with Crippen molar-refractivity contribution in [3.63, 3.8) is 0 Å². The molecule has 0 saturated heterocycles. The van der Waals surface area contributed by atoms with E-state index in [0.29, 0.717) is 20.0 Å². The molecule has 1 unspecified atom stereocenters. The fraction of sp³-hybridized carbons (Fsp3) is 0.542. The average Bonchev–Trinajstić information content (AvgIpc) is 3.25. The number of alkyl halides is 3. The Kier molecular flexibility index (Phi) is 11.0. The molecule has 0 fully saturated rings. The zero-order chi connectivity index (χ0) is 30.8. The summed E-state index contributed by atoms with van der Waals surface area (Å²) >= 11 is 13.5. The monoisotopic (exact) mass is 646 g/mol. The molecular formula is C24H31Cl2F3N4O5S2. The highest BCUT2D eigenvalue weighted by Crippen LogP contribution is 2.42. The molecule has 0 bridgehead atoms. The number of nitrogens with zero attached hydrogens (tertiary/aromatic N) is 2. The maximum absolute atomic E-state index is 13.5. The van der Waals surface area contributed by atoms with Crippen molar-refractivity contribution in [2.45, 2.75) is 64.3 Å². The Balaban J connectivity index is 2.65. The van der Waals surface area contributed by atoms with Crippen molar-refractivity contribution in [2.75, 3.05) is 19.6 Å². The predicted octanol–water partition coefficient (Wildman–Crippen LogP) is 4.96. The lowest BCUT2D eigenvalue weighted by atomic mass is 10.1. The molecular weight excluding hydrogens is 616 g/mol. The van der Waals surface area contributed by atoms with Crippen LogP contribution in [0.1, 0.15) is 61.8 Å². The molecule has 16 heteroatoms. The van der Waals surface area contributed by atoms with E-state index >= 15 is 0 Å². The molecule has 40 heavy (non-hydrogen) atoms. The van der Waals surface area contributed by atoms with Crippen molar-refractivity contribution in [3.8, 4) is 10.4 Å². The van der Waals surface area contributed by atoms with Gasteiger partial charge in [-0.25, -0.2) is 13.4 Å². The minimum Gasteiger partial charge on any atom is -0.389 e. The van der Waals surface area contributed by atoms with E-state index in [1.807, 2.05) is 13.8 Å². The number of halogens is 5. The molecule has 2 aromatic rings. The van der Waals surface area contributed by atoms with Crippen LogP contribution in [0.5, 0.6) is 0 Å². The van der Waals surface area contributed by atoms with E-state index in [2.05, 4.69) is 10.3 Å². The van der Waals surface area contributed by atoms with Gasteiger partial charge in [-0.15, -0.1) is 11.3 Å². The Morgan fingerprint density at radius 2 is 1.75 bits per heavy atom. The summed E-state index contributed by atoms with van der Waals surface area (Å²) < 4.78 is 65.7. The van der Waals surface area contributed by atoms with Gasteiger partial charge in [-0.3, -0.25) is 9.59 Å². The fourth-order valence-corrected chi connectivity index (χ4v) is 6.50. The second kappa shape index (κ2) is 12.9. The molecule has 2 amide bonds. The van der Waals surface area contributed by atoms with Crippen molar-refractivity contribution in [3.05, 3.63) is 32.9 Å². The molecule has 1 aromatic carbocycles. The molecule has 1 heterocycles. The molecule has 224 valence electrons. The summed E-state index contributed by atoms with van der Waals surface area (Å²) in [4.78, 5) is 31.5. The van der Waals surface area contributed by atoms with Gasteiger partial charge < -0.3 is 15.3 Å². The maximum atomic E-state index is 13.5. The number of carbonyl (C=O) groups excluding carboxylic acids is 2. The van der Waals surface area contributed by atoms with Crippen LogP contribution in [0.15, 0.2) is 17.0 Å². The number of nitrogens with one attached hydrogen (secondary N) is 2. The van der Waals surface area contributed by atoms with E-state index in [9.17, 15) is 36.3 Å². The summed E-state index contributed by atoms with van der Waals surface area (Å²) in [6.07, 6.45) is -4.84. The molecule has 1 aromatic heterocycles. The van der Waals surface area contributed by atoms with Gasteiger partial charge in [0.25, 0.3) is 11.8 Å². The zero-order valence-corrected chi connectivity index (χ0v) is 25.8. The number of amides is 2. The Labute approximate surface area is 245 Å². The minimum atomic E-state index is -4.84. The fourth-order valence-electron chi connectivity index (χ4n) is 3.34. The lowest BCUT2D eigenvalue weighted by Crippen LogP contribution is -2.43. The molecule has 3 N–H and O–H groups in total. The van der Waals surface area contributed by atoms with Gasteiger partial charge in [-0.2, -0.15) is 17.9 Å². The number of aromatic nitrogens is 1. The van der Waals surface area contributed by atoms with E-state index in [1.165, 1.54) is 29.5 Å². The van der Waals surface area contributed by atoms with Gasteiger partial charge in [0.2, 0.25) is 10.0 Å². The predicted molar refractivity (Wildman–Crippen MR) is 148 cm³/mol. The third-order valence-corrected chi connectivity index (χ3v) is 9.03. The average molecular weight is 648 g/mol. The standard InChI is InChI=1S/C24H31Cl2F3N4O5S2/c1-7-33(10-12(2)3)22(35)18-19(39-21(31-18)20(34)30-11-23(5,6)36)14-8-9-15(17(26)16(14)25)40(37,38)32-13(4)24(27,28)29/h8-9,12-13,32,36H,7,10-11H2,1-6H3,(H,30,34). The molecule has 0 aliphatic carbocycles. The van der Waals surface area contributed by atoms with Crippen LogP contribution in [0.25, 0.3) is 10.4 Å². The Morgan fingerprint density at radius 3 is 2.25 bits per heavy atom. The van der Waals surface area contributed by atoms with Gasteiger partial charge in [0.15, 0.2) is 5.01 Å². The summed E-state index contributed by atoms with van der Waals surface area (Å²) in [5, 5.41) is 11.4. The second-order valence-corrected chi connectivity index (χ2v) is 13.5.